The number of rotatable bonds is 4. The molecule has 82 valence electrons. The first-order valence-electron chi connectivity index (χ1n) is 4.70. The highest BCUT2D eigenvalue weighted by atomic mass is 35.5. The Bertz CT molecular complexity index is 340. The molecular weight excluding hydrogens is 216 g/mol. The van der Waals surface area contributed by atoms with Crippen LogP contribution in [-0.4, -0.2) is 28.6 Å². The smallest absolute Gasteiger partial charge is 0.251 e. The van der Waals surface area contributed by atoms with Crippen LogP contribution in [0.15, 0.2) is 18.3 Å². The molecule has 1 rings (SSSR count). The van der Waals surface area contributed by atoms with Gasteiger partial charge in [0.2, 0.25) is 0 Å². The Kier molecular flexibility index (Phi) is 4.52. The highest BCUT2D eigenvalue weighted by molar-refractivity contribution is 6.29. The van der Waals surface area contributed by atoms with Crippen molar-refractivity contribution in [3.63, 3.8) is 0 Å². The summed E-state index contributed by atoms with van der Waals surface area (Å²) in [4.78, 5) is 15.4. The molecule has 4 nitrogen and oxygen atoms in total. The van der Waals surface area contributed by atoms with Gasteiger partial charge in [-0.3, -0.25) is 4.79 Å². The van der Waals surface area contributed by atoms with Gasteiger partial charge in [-0.15, -0.1) is 0 Å². The zero-order valence-electron chi connectivity index (χ0n) is 8.40. The summed E-state index contributed by atoms with van der Waals surface area (Å²) in [7, 11) is 0. The van der Waals surface area contributed by atoms with Crippen molar-refractivity contribution in [1.82, 2.24) is 10.3 Å². The summed E-state index contributed by atoms with van der Waals surface area (Å²) in [5.41, 5.74) is 0.446. The molecule has 0 aliphatic rings. The molecule has 2 N–H and O–H groups in total. The van der Waals surface area contributed by atoms with Gasteiger partial charge in [0.1, 0.15) is 5.15 Å². The average molecular weight is 229 g/mol. The SMILES string of the molecule is CCC(CO)NC(=O)c1ccnc(Cl)c1. The minimum absolute atomic E-state index is 0.0684. The number of aromatic nitrogens is 1. The number of amides is 1. The van der Waals surface area contributed by atoms with Crippen LogP contribution in [0.25, 0.3) is 0 Å². The Morgan fingerprint density at radius 2 is 2.47 bits per heavy atom. The lowest BCUT2D eigenvalue weighted by atomic mass is 10.2. The van der Waals surface area contributed by atoms with Crippen LogP contribution in [0.4, 0.5) is 0 Å². The van der Waals surface area contributed by atoms with E-state index in [0.717, 1.165) is 0 Å². The first-order valence-corrected chi connectivity index (χ1v) is 5.08. The summed E-state index contributed by atoms with van der Waals surface area (Å²) >= 11 is 5.65. The van der Waals surface area contributed by atoms with Crippen LogP contribution < -0.4 is 5.32 Å². The van der Waals surface area contributed by atoms with Gasteiger partial charge in [0.05, 0.1) is 12.6 Å². The van der Waals surface area contributed by atoms with E-state index >= 15 is 0 Å². The van der Waals surface area contributed by atoms with Crippen molar-refractivity contribution in [3.05, 3.63) is 29.0 Å². The van der Waals surface area contributed by atoms with E-state index in [4.69, 9.17) is 16.7 Å². The van der Waals surface area contributed by atoms with E-state index in [1.54, 1.807) is 6.07 Å². The van der Waals surface area contributed by atoms with Gasteiger partial charge in [0.25, 0.3) is 5.91 Å². The van der Waals surface area contributed by atoms with Gasteiger partial charge in [-0.1, -0.05) is 18.5 Å². The lowest BCUT2D eigenvalue weighted by Gasteiger charge is -2.13. The molecule has 15 heavy (non-hydrogen) atoms. The molecule has 0 bridgehead atoms. The minimum Gasteiger partial charge on any atom is -0.394 e. The van der Waals surface area contributed by atoms with Crippen molar-refractivity contribution >= 4 is 17.5 Å². The molecule has 0 fully saturated rings. The molecule has 1 aromatic rings. The van der Waals surface area contributed by atoms with E-state index in [1.807, 2.05) is 6.92 Å². The number of hydrogen-bond donors (Lipinski definition) is 2. The Labute approximate surface area is 93.3 Å². The molecule has 0 spiro atoms. The maximum absolute atomic E-state index is 11.6. The van der Waals surface area contributed by atoms with Crippen LogP contribution in [0.1, 0.15) is 23.7 Å². The Morgan fingerprint density at radius 3 is 3.00 bits per heavy atom. The topological polar surface area (TPSA) is 62.2 Å². The molecule has 5 heteroatoms. The molecule has 1 atom stereocenters. The third-order valence-electron chi connectivity index (χ3n) is 2.04. The first kappa shape index (κ1) is 11.9. The summed E-state index contributed by atoms with van der Waals surface area (Å²) in [6.45, 7) is 1.82. The maximum atomic E-state index is 11.6. The Balaban J connectivity index is 2.68. The number of pyridine rings is 1. The molecule has 0 radical (unpaired) electrons. The van der Waals surface area contributed by atoms with Crippen LogP contribution in [0, 0.1) is 0 Å². The van der Waals surface area contributed by atoms with Crippen LogP contribution in [0.2, 0.25) is 5.15 Å². The van der Waals surface area contributed by atoms with E-state index < -0.39 is 0 Å². The van der Waals surface area contributed by atoms with Crippen molar-refractivity contribution in [2.75, 3.05) is 6.61 Å². The number of aliphatic hydroxyl groups is 1. The lowest BCUT2D eigenvalue weighted by molar-refractivity contribution is 0.0915. The van der Waals surface area contributed by atoms with Crippen LogP contribution in [-0.2, 0) is 0 Å². The number of nitrogens with one attached hydrogen (secondary N) is 1. The normalized spacial score (nSPS) is 12.2. The van der Waals surface area contributed by atoms with Crippen molar-refractivity contribution in [2.24, 2.45) is 0 Å². The number of hydrogen-bond acceptors (Lipinski definition) is 3. The molecule has 1 amide bonds. The minimum atomic E-state index is -0.250. The number of carbonyl (C=O) groups is 1. The highest BCUT2D eigenvalue weighted by Gasteiger charge is 2.11. The third-order valence-corrected chi connectivity index (χ3v) is 2.24. The summed E-state index contributed by atoms with van der Waals surface area (Å²) in [6.07, 6.45) is 2.15. The summed E-state index contributed by atoms with van der Waals surface area (Å²) in [5, 5.41) is 11.9. The molecule has 1 unspecified atom stereocenters. The number of nitrogens with zero attached hydrogens (tertiary/aromatic N) is 1. The van der Waals surface area contributed by atoms with Crippen LogP contribution in [0.5, 0.6) is 0 Å². The summed E-state index contributed by atoms with van der Waals surface area (Å²) < 4.78 is 0. The zero-order chi connectivity index (χ0) is 11.3. The van der Waals surface area contributed by atoms with E-state index in [-0.39, 0.29) is 23.7 Å². The second kappa shape index (κ2) is 5.68. The zero-order valence-corrected chi connectivity index (χ0v) is 9.16. The second-order valence-corrected chi connectivity index (χ2v) is 3.52. The molecule has 0 aliphatic carbocycles. The van der Waals surface area contributed by atoms with Gasteiger partial charge >= 0.3 is 0 Å². The molecule has 0 saturated heterocycles. The lowest BCUT2D eigenvalue weighted by Crippen LogP contribution is -2.36. The van der Waals surface area contributed by atoms with Crippen molar-refractivity contribution in [1.29, 1.82) is 0 Å². The molecule has 0 aliphatic heterocycles. The van der Waals surface area contributed by atoms with Crippen LogP contribution >= 0.6 is 11.6 Å². The second-order valence-electron chi connectivity index (χ2n) is 3.13. The quantitative estimate of drug-likeness (QED) is 0.763. The molecule has 0 aromatic carbocycles. The molecular formula is C10H13ClN2O2. The summed E-state index contributed by atoms with van der Waals surface area (Å²) in [5.74, 6) is -0.250. The van der Waals surface area contributed by atoms with Gasteiger partial charge < -0.3 is 10.4 Å². The van der Waals surface area contributed by atoms with Crippen molar-refractivity contribution in [3.8, 4) is 0 Å². The monoisotopic (exact) mass is 228 g/mol. The average Bonchev–Trinajstić information content (AvgIpc) is 2.25. The fourth-order valence-corrected chi connectivity index (χ4v) is 1.26. The van der Waals surface area contributed by atoms with Gasteiger partial charge in [-0.2, -0.15) is 0 Å². The number of aliphatic hydroxyl groups excluding tert-OH is 1. The van der Waals surface area contributed by atoms with Gasteiger partial charge in [0, 0.05) is 11.8 Å². The van der Waals surface area contributed by atoms with Crippen molar-refractivity contribution < 1.29 is 9.90 Å². The molecule has 1 heterocycles. The highest BCUT2D eigenvalue weighted by Crippen LogP contribution is 2.07. The van der Waals surface area contributed by atoms with Gasteiger partial charge in [0.15, 0.2) is 0 Å². The fourth-order valence-electron chi connectivity index (χ4n) is 1.09. The van der Waals surface area contributed by atoms with E-state index in [0.29, 0.717) is 12.0 Å². The number of halogens is 1. The standard InChI is InChI=1S/C10H13ClN2O2/c1-2-8(6-14)13-10(15)7-3-4-12-9(11)5-7/h3-5,8,14H,2,6H2,1H3,(H,13,15). The fraction of sp³-hybridized carbons (Fsp3) is 0.400. The third kappa shape index (κ3) is 3.49. The predicted octanol–water partition coefficient (Wildman–Crippen LogP) is 1.24. The number of carbonyl (C=O) groups excluding carboxylic acids is 1. The van der Waals surface area contributed by atoms with Gasteiger partial charge in [-0.05, 0) is 18.6 Å². The Morgan fingerprint density at radius 1 is 1.73 bits per heavy atom. The van der Waals surface area contributed by atoms with E-state index in [2.05, 4.69) is 10.3 Å². The van der Waals surface area contributed by atoms with E-state index in [9.17, 15) is 4.79 Å². The largest absolute Gasteiger partial charge is 0.394 e. The van der Waals surface area contributed by atoms with Crippen molar-refractivity contribution in [2.45, 2.75) is 19.4 Å². The first-order chi connectivity index (χ1) is 7.17. The maximum Gasteiger partial charge on any atom is 0.251 e. The van der Waals surface area contributed by atoms with Gasteiger partial charge in [-0.25, -0.2) is 4.98 Å². The molecule has 1 aromatic heterocycles. The summed E-state index contributed by atoms with van der Waals surface area (Å²) in [6, 6.07) is 2.84. The molecule has 0 saturated carbocycles. The van der Waals surface area contributed by atoms with Crippen LogP contribution in [0.3, 0.4) is 0 Å². The Hall–Kier alpha value is -1.13. The van der Waals surface area contributed by atoms with E-state index in [1.165, 1.54) is 12.3 Å². The predicted molar refractivity (Wildman–Crippen MR) is 57.9 cm³/mol.